The molecule has 0 radical (unpaired) electrons. The number of rotatable bonds is 11. The predicted octanol–water partition coefficient (Wildman–Crippen LogP) is 5.62. The molecule has 0 bridgehead atoms. The van der Waals surface area contributed by atoms with Gasteiger partial charge in [0.1, 0.15) is 5.60 Å². The minimum Gasteiger partial charge on any atom is -0.360 e. The van der Waals surface area contributed by atoms with Crippen molar-refractivity contribution in [3.05, 3.63) is 24.3 Å². The maximum Gasteiger partial charge on any atom is 0.171 e. The van der Waals surface area contributed by atoms with E-state index in [0.29, 0.717) is 6.42 Å². The van der Waals surface area contributed by atoms with Crippen molar-refractivity contribution >= 4 is 5.78 Å². The van der Waals surface area contributed by atoms with E-state index in [2.05, 4.69) is 19.9 Å². The van der Waals surface area contributed by atoms with Gasteiger partial charge in [-0.05, 0) is 18.9 Å². The Morgan fingerprint density at radius 3 is 2.41 bits per heavy atom. The van der Waals surface area contributed by atoms with Crippen LogP contribution in [0.25, 0.3) is 0 Å². The minimum absolute atomic E-state index is 0.00137. The van der Waals surface area contributed by atoms with E-state index in [1.54, 1.807) is 0 Å². The van der Waals surface area contributed by atoms with Gasteiger partial charge in [-0.15, -0.1) is 0 Å². The van der Waals surface area contributed by atoms with Crippen molar-refractivity contribution in [2.24, 2.45) is 5.92 Å². The molecule has 0 saturated carbocycles. The SMILES string of the molecule is CCCCCCC(CCC)OC1(C(=O)C(C)C)C=CC=CC1. The van der Waals surface area contributed by atoms with Gasteiger partial charge in [0.2, 0.25) is 0 Å². The number of allylic oxidation sites excluding steroid dienone is 2. The Balaban J connectivity index is 2.73. The van der Waals surface area contributed by atoms with Gasteiger partial charge in [-0.3, -0.25) is 4.79 Å². The van der Waals surface area contributed by atoms with Crippen molar-refractivity contribution in [1.82, 2.24) is 0 Å². The molecule has 0 saturated heterocycles. The Morgan fingerprint density at radius 2 is 1.86 bits per heavy atom. The molecule has 0 amide bonds. The summed E-state index contributed by atoms with van der Waals surface area (Å²) >= 11 is 0. The maximum atomic E-state index is 12.7. The molecule has 0 heterocycles. The molecule has 2 heteroatoms. The molecule has 1 aliphatic carbocycles. The fourth-order valence-electron chi connectivity index (χ4n) is 3.10. The molecular formula is C20H34O2. The predicted molar refractivity (Wildman–Crippen MR) is 94.0 cm³/mol. The third-order valence-electron chi connectivity index (χ3n) is 4.34. The molecule has 0 N–H and O–H groups in total. The number of carbonyl (C=O) groups excluding carboxylic acids is 1. The fraction of sp³-hybridized carbons (Fsp3) is 0.750. The second-order valence-corrected chi connectivity index (χ2v) is 6.78. The second-order valence-electron chi connectivity index (χ2n) is 6.78. The van der Waals surface area contributed by atoms with E-state index in [1.165, 1.54) is 25.7 Å². The molecule has 0 aliphatic heterocycles. The number of carbonyl (C=O) groups is 1. The summed E-state index contributed by atoms with van der Waals surface area (Å²) in [6.45, 7) is 8.36. The van der Waals surface area contributed by atoms with Crippen molar-refractivity contribution in [3.63, 3.8) is 0 Å². The molecule has 2 nitrogen and oxygen atoms in total. The van der Waals surface area contributed by atoms with Gasteiger partial charge in [-0.25, -0.2) is 0 Å². The zero-order valence-electron chi connectivity index (χ0n) is 14.9. The number of hydrogen-bond acceptors (Lipinski definition) is 2. The summed E-state index contributed by atoms with van der Waals surface area (Å²) in [7, 11) is 0. The average Bonchev–Trinajstić information content (AvgIpc) is 2.51. The molecule has 2 atom stereocenters. The molecule has 1 aliphatic rings. The van der Waals surface area contributed by atoms with E-state index < -0.39 is 5.60 Å². The number of Topliss-reactive ketones (excluding diaryl/α,β-unsaturated/α-hetero) is 1. The number of ether oxygens (including phenoxy) is 1. The Kier molecular flexibility index (Phi) is 8.70. The van der Waals surface area contributed by atoms with Gasteiger partial charge < -0.3 is 4.74 Å². The van der Waals surface area contributed by atoms with Crippen molar-refractivity contribution in [1.29, 1.82) is 0 Å². The maximum absolute atomic E-state index is 12.7. The topological polar surface area (TPSA) is 26.3 Å². The monoisotopic (exact) mass is 306 g/mol. The molecule has 0 fully saturated rings. The zero-order chi connectivity index (χ0) is 16.4. The van der Waals surface area contributed by atoms with Crippen LogP contribution < -0.4 is 0 Å². The van der Waals surface area contributed by atoms with Crippen LogP contribution in [0.3, 0.4) is 0 Å². The standard InChI is InChI=1S/C20H34O2/c1-5-7-8-10-14-18(13-6-2)22-20(19(21)17(3)4)15-11-9-12-16-20/h9,11-12,15,17-18H,5-8,10,13-14,16H2,1-4H3. The quantitative estimate of drug-likeness (QED) is 0.463. The summed E-state index contributed by atoms with van der Waals surface area (Å²) in [5, 5.41) is 0. The largest absolute Gasteiger partial charge is 0.360 e. The van der Waals surface area contributed by atoms with Crippen molar-refractivity contribution < 1.29 is 9.53 Å². The van der Waals surface area contributed by atoms with Crippen LogP contribution in [-0.2, 0) is 9.53 Å². The third-order valence-corrected chi connectivity index (χ3v) is 4.34. The van der Waals surface area contributed by atoms with Crippen LogP contribution in [0.4, 0.5) is 0 Å². The first-order chi connectivity index (χ1) is 10.6. The smallest absolute Gasteiger partial charge is 0.171 e. The van der Waals surface area contributed by atoms with Crippen molar-refractivity contribution in [2.75, 3.05) is 0 Å². The number of unbranched alkanes of at least 4 members (excludes halogenated alkanes) is 3. The van der Waals surface area contributed by atoms with Gasteiger partial charge in [0, 0.05) is 12.3 Å². The lowest BCUT2D eigenvalue weighted by Crippen LogP contribution is -2.45. The molecule has 0 spiro atoms. The molecule has 1 rings (SSSR count). The van der Waals surface area contributed by atoms with E-state index in [4.69, 9.17) is 4.74 Å². The van der Waals surface area contributed by atoms with Gasteiger partial charge in [0.25, 0.3) is 0 Å². The fourth-order valence-corrected chi connectivity index (χ4v) is 3.10. The van der Waals surface area contributed by atoms with Crippen LogP contribution in [0.1, 0.15) is 79.1 Å². The van der Waals surface area contributed by atoms with Crippen LogP contribution in [-0.4, -0.2) is 17.5 Å². The normalized spacial score (nSPS) is 22.2. The summed E-state index contributed by atoms with van der Waals surface area (Å²) in [6, 6.07) is 0. The summed E-state index contributed by atoms with van der Waals surface area (Å²) in [5.74, 6) is 0.210. The highest BCUT2D eigenvalue weighted by atomic mass is 16.5. The van der Waals surface area contributed by atoms with E-state index in [1.807, 2.05) is 32.1 Å². The van der Waals surface area contributed by atoms with E-state index in [0.717, 1.165) is 19.3 Å². The first kappa shape index (κ1) is 19.2. The number of hydrogen-bond donors (Lipinski definition) is 0. The van der Waals surface area contributed by atoms with Crippen LogP contribution in [0, 0.1) is 5.92 Å². The van der Waals surface area contributed by atoms with Crippen LogP contribution >= 0.6 is 0 Å². The van der Waals surface area contributed by atoms with Crippen LogP contribution in [0.5, 0.6) is 0 Å². The van der Waals surface area contributed by atoms with Gasteiger partial charge in [-0.2, -0.15) is 0 Å². The van der Waals surface area contributed by atoms with Crippen molar-refractivity contribution in [3.8, 4) is 0 Å². The molecule has 22 heavy (non-hydrogen) atoms. The highest BCUT2D eigenvalue weighted by molar-refractivity contribution is 5.91. The molecule has 126 valence electrons. The average molecular weight is 306 g/mol. The lowest BCUT2D eigenvalue weighted by molar-refractivity contribution is -0.149. The van der Waals surface area contributed by atoms with E-state index >= 15 is 0 Å². The van der Waals surface area contributed by atoms with Gasteiger partial charge in [0.05, 0.1) is 6.10 Å². The number of ketones is 1. The van der Waals surface area contributed by atoms with Gasteiger partial charge in [0.15, 0.2) is 5.78 Å². The Bertz CT molecular complexity index is 381. The summed E-state index contributed by atoms with van der Waals surface area (Å²) in [6.07, 6.45) is 17.1. The molecule has 0 aromatic carbocycles. The van der Waals surface area contributed by atoms with Crippen molar-refractivity contribution in [2.45, 2.75) is 90.8 Å². The Hall–Kier alpha value is -0.890. The second kappa shape index (κ2) is 9.99. The molecule has 0 aromatic heterocycles. The third kappa shape index (κ3) is 5.72. The lowest BCUT2D eigenvalue weighted by atomic mass is 9.84. The zero-order valence-corrected chi connectivity index (χ0v) is 14.9. The summed E-state index contributed by atoms with van der Waals surface area (Å²) in [4.78, 5) is 12.7. The summed E-state index contributed by atoms with van der Waals surface area (Å²) < 4.78 is 6.44. The highest BCUT2D eigenvalue weighted by Crippen LogP contribution is 2.31. The van der Waals surface area contributed by atoms with Crippen LogP contribution in [0.15, 0.2) is 24.3 Å². The first-order valence-corrected chi connectivity index (χ1v) is 9.12. The molecular weight excluding hydrogens is 272 g/mol. The molecule has 0 aromatic rings. The van der Waals surface area contributed by atoms with E-state index in [-0.39, 0.29) is 17.8 Å². The minimum atomic E-state index is -0.729. The van der Waals surface area contributed by atoms with Gasteiger partial charge in [-0.1, -0.05) is 78.0 Å². The van der Waals surface area contributed by atoms with E-state index in [9.17, 15) is 4.79 Å². The Labute approximate surface area is 137 Å². The van der Waals surface area contributed by atoms with Crippen LogP contribution in [0.2, 0.25) is 0 Å². The first-order valence-electron chi connectivity index (χ1n) is 9.12. The molecule has 2 unspecified atom stereocenters. The lowest BCUT2D eigenvalue weighted by Gasteiger charge is -2.35. The Morgan fingerprint density at radius 1 is 1.09 bits per heavy atom. The highest BCUT2D eigenvalue weighted by Gasteiger charge is 2.39. The van der Waals surface area contributed by atoms with Gasteiger partial charge >= 0.3 is 0 Å². The summed E-state index contributed by atoms with van der Waals surface area (Å²) in [5.41, 5.74) is -0.729.